The molecule has 0 aromatic carbocycles. The minimum absolute atomic E-state index is 0.0259. The third-order valence-corrected chi connectivity index (χ3v) is 1.45. The molecule has 0 radical (unpaired) electrons. The van der Waals surface area contributed by atoms with E-state index in [0.29, 0.717) is 11.6 Å². The zero-order chi connectivity index (χ0) is 9.84. The van der Waals surface area contributed by atoms with E-state index in [2.05, 4.69) is 20.4 Å². The van der Waals surface area contributed by atoms with Crippen LogP contribution in [-0.2, 0) is 0 Å². The van der Waals surface area contributed by atoms with E-state index in [-0.39, 0.29) is 5.84 Å². The molecule has 0 atom stereocenters. The Balaban J connectivity index is 3.16. The number of aryl methyl sites for hydroxylation is 1. The number of anilines is 1. The molecule has 4 N–H and O–H groups in total. The molecule has 13 heavy (non-hydrogen) atoms. The van der Waals surface area contributed by atoms with Crippen molar-refractivity contribution in [2.45, 2.75) is 6.92 Å². The van der Waals surface area contributed by atoms with Gasteiger partial charge in [0.05, 0.1) is 0 Å². The van der Waals surface area contributed by atoms with Gasteiger partial charge in [-0.25, -0.2) is 9.97 Å². The van der Waals surface area contributed by atoms with Crippen LogP contribution in [0.4, 0.5) is 5.95 Å². The minimum Gasteiger partial charge on any atom is -0.409 e. The van der Waals surface area contributed by atoms with Crippen LogP contribution in [0.5, 0.6) is 0 Å². The van der Waals surface area contributed by atoms with Crippen molar-refractivity contribution in [2.24, 2.45) is 10.9 Å². The summed E-state index contributed by atoms with van der Waals surface area (Å²) < 4.78 is 0. The van der Waals surface area contributed by atoms with E-state index in [1.54, 1.807) is 20.0 Å². The van der Waals surface area contributed by atoms with Crippen molar-refractivity contribution < 1.29 is 5.21 Å². The summed E-state index contributed by atoms with van der Waals surface area (Å²) in [5.41, 5.74) is 6.52. The van der Waals surface area contributed by atoms with E-state index >= 15 is 0 Å². The maximum atomic E-state index is 8.42. The number of aromatic nitrogens is 2. The van der Waals surface area contributed by atoms with Crippen molar-refractivity contribution in [3.63, 3.8) is 0 Å². The second kappa shape index (κ2) is 3.70. The number of amidine groups is 1. The molecular weight excluding hydrogens is 170 g/mol. The van der Waals surface area contributed by atoms with Crippen LogP contribution in [0.3, 0.4) is 0 Å². The zero-order valence-electron chi connectivity index (χ0n) is 7.44. The second-order valence-electron chi connectivity index (χ2n) is 2.45. The maximum absolute atomic E-state index is 8.42. The van der Waals surface area contributed by atoms with Gasteiger partial charge in [0.1, 0.15) is 5.69 Å². The lowest BCUT2D eigenvalue weighted by Crippen LogP contribution is -2.16. The van der Waals surface area contributed by atoms with E-state index in [4.69, 9.17) is 10.9 Å². The topological polar surface area (TPSA) is 96.4 Å². The smallest absolute Gasteiger partial charge is 0.223 e. The predicted molar refractivity (Wildman–Crippen MR) is 48.8 cm³/mol. The Bertz CT molecular complexity index is 336. The largest absolute Gasteiger partial charge is 0.409 e. The van der Waals surface area contributed by atoms with E-state index in [0.717, 1.165) is 5.69 Å². The normalized spacial score (nSPS) is 11.4. The number of rotatable bonds is 2. The van der Waals surface area contributed by atoms with Crippen LogP contribution in [-0.4, -0.2) is 28.1 Å². The molecule has 6 nitrogen and oxygen atoms in total. The first-order valence-corrected chi connectivity index (χ1v) is 3.68. The highest BCUT2D eigenvalue weighted by Gasteiger charge is 2.04. The van der Waals surface area contributed by atoms with Gasteiger partial charge >= 0.3 is 0 Å². The number of nitrogens with two attached hydrogens (primary N) is 1. The summed E-state index contributed by atoms with van der Waals surface area (Å²) in [5, 5.41) is 14.0. The Labute approximate surface area is 75.5 Å². The van der Waals surface area contributed by atoms with Crippen molar-refractivity contribution in [1.82, 2.24) is 9.97 Å². The maximum Gasteiger partial charge on any atom is 0.223 e. The van der Waals surface area contributed by atoms with Crippen molar-refractivity contribution in [3.8, 4) is 0 Å². The molecule has 1 heterocycles. The van der Waals surface area contributed by atoms with Gasteiger partial charge in [-0.15, -0.1) is 0 Å². The number of hydrogen-bond donors (Lipinski definition) is 3. The highest BCUT2D eigenvalue weighted by Crippen LogP contribution is 2.03. The Kier molecular flexibility index (Phi) is 2.63. The molecule has 1 rings (SSSR count). The van der Waals surface area contributed by atoms with Crippen molar-refractivity contribution in [3.05, 3.63) is 17.5 Å². The summed E-state index contributed by atoms with van der Waals surface area (Å²) in [6.45, 7) is 1.80. The number of nitrogens with zero attached hydrogens (tertiary/aromatic N) is 3. The first-order chi connectivity index (χ1) is 6.17. The monoisotopic (exact) mass is 181 g/mol. The Morgan fingerprint density at radius 3 is 2.85 bits per heavy atom. The Morgan fingerprint density at radius 1 is 1.62 bits per heavy atom. The number of oxime groups is 1. The van der Waals surface area contributed by atoms with Gasteiger partial charge in [-0.05, 0) is 13.0 Å². The van der Waals surface area contributed by atoms with E-state index in [1.807, 2.05) is 0 Å². The molecular formula is C7H11N5O. The quantitative estimate of drug-likeness (QED) is 0.256. The molecule has 0 aliphatic heterocycles. The average molecular weight is 181 g/mol. The van der Waals surface area contributed by atoms with Gasteiger partial charge in [0, 0.05) is 12.7 Å². The molecule has 0 amide bonds. The van der Waals surface area contributed by atoms with Crippen molar-refractivity contribution in [2.75, 3.05) is 12.4 Å². The summed E-state index contributed by atoms with van der Waals surface area (Å²) in [6, 6.07) is 1.63. The third-order valence-electron chi connectivity index (χ3n) is 1.45. The van der Waals surface area contributed by atoms with Gasteiger partial charge in [0.25, 0.3) is 0 Å². The van der Waals surface area contributed by atoms with Crippen LogP contribution in [0.15, 0.2) is 11.2 Å². The lowest BCUT2D eigenvalue weighted by molar-refractivity contribution is 0.318. The summed E-state index contributed by atoms with van der Waals surface area (Å²) in [7, 11) is 1.70. The van der Waals surface area contributed by atoms with Gasteiger partial charge < -0.3 is 16.3 Å². The zero-order valence-corrected chi connectivity index (χ0v) is 7.44. The van der Waals surface area contributed by atoms with Gasteiger partial charge in [0.2, 0.25) is 5.95 Å². The van der Waals surface area contributed by atoms with E-state index < -0.39 is 0 Å². The third kappa shape index (κ3) is 2.05. The SMILES string of the molecule is CNc1nc(C)cc(C(N)=NO)n1. The molecule has 0 aliphatic rings. The first-order valence-electron chi connectivity index (χ1n) is 3.68. The summed E-state index contributed by atoms with van der Waals surface area (Å²) in [6.07, 6.45) is 0. The summed E-state index contributed by atoms with van der Waals surface area (Å²) in [5.74, 6) is 0.420. The molecule has 0 fully saturated rings. The van der Waals surface area contributed by atoms with Crippen molar-refractivity contribution in [1.29, 1.82) is 0 Å². The van der Waals surface area contributed by atoms with Crippen LogP contribution in [0, 0.1) is 6.92 Å². The van der Waals surface area contributed by atoms with Crippen molar-refractivity contribution >= 4 is 11.8 Å². The Hall–Kier alpha value is -1.85. The second-order valence-corrected chi connectivity index (χ2v) is 2.45. The van der Waals surface area contributed by atoms with Crippen LogP contribution in [0.25, 0.3) is 0 Å². The molecule has 70 valence electrons. The summed E-state index contributed by atoms with van der Waals surface area (Å²) in [4.78, 5) is 8.04. The van der Waals surface area contributed by atoms with Crippen LogP contribution in [0.2, 0.25) is 0 Å². The highest BCUT2D eigenvalue weighted by molar-refractivity contribution is 5.95. The summed E-state index contributed by atoms with van der Waals surface area (Å²) >= 11 is 0. The van der Waals surface area contributed by atoms with Gasteiger partial charge in [-0.1, -0.05) is 5.16 Å². The molecule has 0 bridgehead atoms. The van der Waals surface area contributed by atoms with Gasteiger partial charge in [-0.2, -0.15) is 0 Å². The molecule has 6 heteroatoms. The molecule has 0 unspecified atom stereocenters. The first kappa shape index (κ1) is 9.24. The molecule has 0 aliphatic carbocycles. The number of nitrogens with one attached hydrogen (secondary N) is 1. The van der Waals surface area contributed by atoms with E-state index in [1.165, 1.54) is 0 Å². The fraction of sp³-hybridized carbons (Fsp3) is 0.286. The van der Waals surface area contributed by atoms with E-state index in [9.17, 15) is 0 Å². The van der Waals surface area contributed by atoms with Crippen LogP contribution in [0.1, 0.15) is 11.4 Å². The fourth-order valence-electron chi connectivity index (χ4n) is 0.863. The standard InChI is InChI=1S/C7H11N5O/c1-4-3-5(6(8)12-13)11-7(9-2)10-4/h3,13H,1-2H3,(H2,8,12)(H,9,10,11). The molecule has 0 saturated carbocycles. The fourth-order valence-corrected chi connectivity index (χ4v) is 0.863. The number of hydrogen-bond acceptors (Lipinski definition) is 5. The molecule has 1 aromatic heterocycles. The average Bonchev–Trinajstić information content (AvgIpc) is 2.15. The predicted octanol–water partition coefficient (Wildman–Crippen LogP) is -0.0788. The van der Waals surface area contributed by atoms with Gasteiger partial charge in [0.15, 0.2) is 5.84 Å². The molecule has 0 saturated heterocycles. The van der Waals surface area contributed by atoms with Crippen LogP contribution < -0.4 is 11.1 Å². The molecule has 0 spiro atoms. The minimum atomic E-state index is -0.0259. The van der Waals surface area contributed by atoms with Gasteiger partial charge in [-0.3, -0.25) is 0 Å². The highest BCUT2D eigenvalue weighted by atomic mass is 16.4. The van der Waals surface area contributed by atoms with Crippen LogP contribution >= 0.6 is 0 Å². The molecule has 1 aromatic rings. The Morgan fingerprint density at radius 2 is 2.31 bits per heavy atom. The lowest BCUT2D eigenvalue weighted by Gasteiger charge is -2.02. The lowest BCUT2D eigenvalue weighted by atomic mass is 10.3.